The van der Waals surface area contributed by atoms with E-state index in [1.54, 1.807) is 5.57 Å². The molecule has 1 heterocycles. The molecule has 5 rings (SSSR count). The topological polar surface area (TPSA) is 29.5 Å². The zero-order valence-corrected chi connectivity index (χ0v) is 27.4. The number of hydrogen-bond acceptors (Lipinski definition) is 3. The molecular weight excluding hydrogens is 490 g/mol. The van der Waals surface area contributed by atoms with Crippen LogP contribution in [0.4, 0.5) is 0 Å². The summed E-state index contributed by atoms with van der Waals surface area (Å²) in [6.07, 6.45) is 19.1. The maximum atomic E-state index is 12.9. The highest BCUT2D eigenvalue weighted by atomic mass is 16.5. The van der Waals surface area contributed by atoms with Crippen molar-refractivity contribution in [2.45, 2.75) is 138 Å². The SMILES string of the molecule is CC(C)CCC[C@@H](C)[C@H]1CC[C@@H]2[C@@H]3CC=C4C[C@@H](OC(=O)CCN5C[C@H](C)C[C@H](C)C5)CC[C@]4(C)[C@@H]3CC[C@@]21C. The number of allylic oxidation sites excluding steroid dienone is 1. The Labute approximate surface area is 247 Å². The lowest BCUT2D eigenvalue weighted by atomic mass is 9.47. The Morgan fingerprint density at radius 2 is 1.75 bits per heavy atom. The lowest BCUT2D eigenvalue weighted by Gasteiger charge is -2.58. The van der Waals surface area contributed by atoms with Crippen molar-refractivity contribution < 1.29 is 9.53 Å². The minimum Gasteiger partial charge on any atom is -0.462 e. The van der Waals surface area contributed by atoms with Gasteiger partial charge in [-0.3, -0.25) is 4.79 Å². The maximum absolute atomic E-state index is 12.9. The third-order valence-electron chi connectivity index (χ3n) is 13.1. The minimum absolute atomic E-state index is 0.0294. The molecule has 228 valence electrons. The number of carbonyl (C=O) groups is 1. The molecule has 4 aliphatic carbocycles. The molecule has 0 unspecified atom stereocenters. The second-order valence-electron chi connectivity index (χ2n) is 16.6. The Morgan fingerprint density at radius 1 is 1.00 bits per heavy atom. The van der Waals surface area contributed by atoms with Crippen LogP contribution in [0.25, 0.3) is 0 Å². The van der Waals surface area contributed by atoms with Gasteiger partial charge in [-0.2, -0.15) is 0 Å². The van der Waals surface area contributed by atoms with Gasteiger partial charge >= 0.3 is 5.97 Å². The number of piperidine rings is 1. The lowest BCUT2D eigenvalue weighted by Crippen LogP contribution is -2.51. The number of rotatable bonds is 9. The third kappa shape index (κ3) is 6.26. The van der Waals surface area contributed by atoms with Crippen molar-refractivity contribution in [3.05, 3.63) is 11.6 Å². The van der Waals surface area contributed by atoms with Crippen LogP contribution < -0.4 is 0 Å². The van der Waals surface area contributed by atoms with E-state index in [0.29, 0.717) is 17.3 Å². The summed E-state index contributed by atoms with van der Waals surface area (Å²) in [4.78, 5) is 15.3. The van der Waals surface area contributed by atoms with E-state index in [1.165, 1.54) is 64.2 Å². The Hall–Kier alpha value is -0.830. The molecule has 1 saturated heterocycles. The molecule has 0 aromatic heterocycles. The highest BCUT2D eigenvalue weighted by Gasteiger charge is 2.59. The van der Waals surface area contributed by atoms with Crippen LogP contribution in [0.5, 0.6) is 0 Å². The number of nitrogens with zero attached hydrogens (tertiary/aromatic N) is 1. The molecular formula is C37H63NO2. The molecule has 0 spiro atoms. The summed E-state index contributed by atoms with van der Waals surface area (Å²) in [5, 5.41) is 0. The van der Waals surface area contributed by atoms with E-state index in [2.05, 4.69) is 59.4 Å². The van der Waals surface area contributed by atoms with Crippen LogP contribution in [0.3, 0.4) is 0 Å². The first-order valence-corrected chi connectivity index (χ1v) is 17.6. The Morgan fingerprint density at radius 3 is 2.48 bits per heavy atom. The van der Waals surface area contributed by atoms with Crippen molar-refractivity contribution >= 4 is 5.97 Å². The number of fused-ring (bicyclic) bond motifs is 5. The van der Waals surface area contributed by atoms with Gasteiger partial charge in [0.1, 0.15) is 6.10 Å². The average Bonchev–Trinajstić information content (AvgIpc) is 3.24. The maximum Gasteiger partial charge on any atom is 0.307 e. The summed E-state index contributed by atoms with van der Waals surface area (Å²) in [5.74, 6) is 6.76. The summed E-state index contributed by atoms with van der Waals surface area (Å²) in [6, 6.07) is 0. The van der Waals surface area contributed by atoms with Crippen molar-refractivity contribution in [2.75, 3.05) is 19.6 Å². The van der Waals surface area contributed by atoms with E-state index in [1.807, 2.05) is 0 Å². The molecule has 10 atom stereocenters. The summed E-state index contributed by atoms with van der Waals surface area (Å²) >= 11 is 0. The molecule has 0 bridgehead atoms. The number of carbonyl (C=O) groups excluding carboxylic acids is 1. The van der Waals surface area contributed by atoms with E-state index in [0.717, 1.165) is 79.8 Å². The van der Waals surface area contributed by atoms with Crippen molar-refractivity contribution in [1.82, 2.24) is 4.90 Å². The lowest BCUT2D eigenvalue weighted by molar-refractivity contribution is -0.152. The number of esters is 1. The predicted molar refractivity (Wildman–Crippen MR) is 167 cm³/mol. The smallest absolute Gasteiger partial charge is 0.307 e. The molecule has 3 saturated carbocycles. The molecule has 0 amide bonds. The molecule has 3 heteroatoms. The van der Waals surface area contributed by atoms with Crippen LogP contribution in [-0.4, -0.2) is 36.6 Å². The van der Waals surface area contributed by atoms with E-state index in [9.17, 15) is 4.79 Å². The van der Waals surface area contributed by atoms with Crippen LogP contribution >= 0.6 is 0 Å². The number of likely N-dealkylation sites (tertiary alicyclic amines) is 1. The molecule has 4 fully saturated rings. The average molecular weight is 554 g/mol. The van der Waals surface area contributed by atoms with Gasteiger partial charge in [-0.05, 0) is 110 Å². The monoisotopic (exact) mass is 553 g/mol. The molecule has 3 nitrogen and oxygen atoms in total. The summed E-state index contributed by atoms with van der Waals surface area (Å²) in [5.41, 5.74) is 2.52. The van der Waals surface area contributed by atoms with Crippen LogP contribution in [0.2, 0.25) is 0 Å². The highest BCUT2D eigenvalue weighted by Crippen LogP contribution is 2.67. The fraction of sp³-hybridized carbons (Fsp3) is 0.919. The third-order valence-corrected chi connectivity index (χ3v) is 13.1. The van der Waals surface area contributed by atoms with Crippen molar-refractivity contribution in [2.24, 2.45) is 58.2 Å². The molecule has 0 N–H and O–H groups in total. The normalized spacial score (nSPS) is 42.5. The van der Waals surface area contributed by atoms with Gasteiger partial charge in [0.25, 0.3) is 0 Å². The second-order valence-corrected chi connectivity index (χ2v) is 16.6. The van der Waals surface area contributed by atoms with Gasteiger partial charge in [-0.25, -0.2) is 0 Å². The summed E-state index contributed by atoms with van der Waals surface area (Å²) in [6.45, 7) is 20.4. The van der Waals surface area contributed by atoms with Crippen LogP contribution in [0.15, 0.2) is 11.6 Å². The standard InChI is InChI=1S/C37H63NO2/c1-25(2)9-8-10-28(5)32-13-14-33-31-12-11-29-22-30(15-18-36(29,6)34(31)16-19-37(32,33)7)40-35(39)17-20-38-23-26(3)21-27(4)24-38/h11,25-28,30-34H,8-10,12-24H2,1-7H3/t26-,27+,28-,30+,31+,32-,33-,34-,36+,37-/m1/s1. The van der Waals surface area contributed by atoms with E-state index < -0.39 is 0 Å². The Bertz CT molecular complexity index is 900. The number of ether oxygens (including phenoxy) is 1. The predicted octanol–water partition coefficient (Wildman–Crippen LogP) is 9.31. The van der Waals surface area contributed by atoms with Crippen molar-refractivity contribution in [3.63, 3.8) is 0 Å². The van der Waals surface area contributed by atoms with Gasteiger partial charge in [0.2, 0.25) is 0 Å². The van der Waals surface area contributed by atoms with Gasteiger partial charge in [0.05, 0.1) is 6.42 Å². The van der Waals surface area contributed by atoms with Gasteiger partial charge in [0, 0.05) is 26.1 Å². The molecule has 0 aromatic rings. The van der Waals surface area contributed by atoms with Gasteiger partial charge in [0.15, 0.2) is 0 Å². The quantitative estimate of drug-likeness (QED) is 0.210. The fourth-order valence-corrected chi connectivity index (χ4v) is 11.2. The molecule has 0 radical (unpaired) electrons. The first kappa shape index (κ1) is 30.6. The Kier molecular flexibility index (Phi) is 9.51. The summed E-state index contributed by atoms with van der Waals surface area (Å²) < 4.78 is 6.13. The van der Waals surface area contributed by atoms with Crippen LogP contribution in [-0.2, 0) is 9.53 Å². The van der Waals surface area contributed by atoms with E-state index >= 15 is 0 Å². The van der Waals surface area contributed by atoms with Crippen LogP contribution in [0.1, 0.15) is 132 Å². The van der Waals surface area contributed by atoms with Crippen molar-refractivity contribution in [1.29, 1.82) is 0 Å². The summed E-state index contributed by atoms with van der Waals surface area (Å²) in [7, 11) is 0. The molecule has 5 aliphatic rings. The Balaban J connectivity index is 1.16. The minimum atomic E-state index is 0.0294. The first-order valence-electron chi connectivity index (χ1n) is 17.6. The van der Waals surface area contributed by atoms with E-state index in [4.69, 9.17) is 4.74 Å². The first-order chi connectivity index (χ1) is 19.0. The van der Waals surface area contributed by atoms with Gasteiger partial charge in [-0.1, -0.05) is 79.4 Å². The molecule has 1 aliphatic heterocycles. The molecule has 0 aromatic carbocycles. The van der Waals surface area contributed by atoms with Gasteiger partial charge in [-0.15, -0.1) is 0 Å². The largest absolute Gasteiger partial charge is 0.462 e. The fourth-order valence-electron chi connectivity index (χ4n) is 11.2. The zero-order chi connectivity index (χ0) is 28.7. The number of hydrogen-bond donors (Lipinski definition) is 0. The van der Waals surface area contributed by atoms with E-state index in [-0.39, 0.29) is 12.1 Å². The second kappa shape index (κ2) is 12.4. The van der Waals surface area contributed by atoms with Crippen molar-refractivity contribution in [3.8, 4) is 0 Å². The van der Waals surface area contributed by atoms with Gasteiger partial charge < -0.3 is 9.64 Å². The molecule has 40 heavy (non-hydrogen) atoms. The zero-order valence-electron chi connectivity index (χ0n) is 27.4. The van der Waals surface area contributed by atoms with Crippen LogP contribution in [0, 0.1) is 58.2 Å². The highest BCUT2D eigenvalue weighted by molar-refractivity contribution is 5.69.